The topological polar surface area (TPSA) is 63.3 Å². The molecule has 1 atom stereocenters. The third-order valence-corrected chi connectivity index (χ3v) is 2.08. The molecule has 1 aromatic carbocycles. The highest BCUT2D eigenvalue weighted by molar-refractivity contribution is 5.70. The van der Waals surface area contributed by atoms with Gasteiger partial charge < -0.3 is 10.8 Å². The van der Waals surface area contributed by atoms with Gasteiger partial charge in [0.2, 0.25) is 0 Å². The molecule has 1 rings (SSSR count). The van der Waals surface area contributed by atoms with Gasteiger partial charge in [0.05, 0.1) is 6.42 Å². The summed E-state index contributed by atoms with van der Waals surface area (Å²) in [6.07, 6.45) is -5.05. The summed E-state index contributed by atoms with van der Waals surface area (Å²) in [6.45, 7) is 0. The second kappa shape index (κ2) is 4.52. The minimum Gasteiger partial charge on any atom is -0.481 e. The molecule has 0 fully saturated rings. The van der Waals surface area contributed by atoms with E-state index >= 15 is 0 Å². The van der Waals surface area contributed by atoms with Crippen molar-refractivity contribution in [2.45, 2.75) is 18.6 Å². The summed E-state index contributed by atoms with van der Waals surface area (Å²) in [6, 6.07) is 3.24. The number of carbonyl (C=O) groups is 1. The molecule has 0 aliphatic heterocycles. The summed E-state index contributed by atoms with van der Waals surface area (Å²) >= 11 is 0. The van der Waals surface area contributed by atoms with Crippen molar-refractivity contribution >= 4 is 5.97 Å². The Labute approximate surface area is 89.7 Å². The molecule has 0 spiro atoms. The smallest absolute Gasteiger partial charge is 0.407 e. The number of halogens is 3. The highest BCUT2D eigenvalue weighted by Crippen LogP contribution is 2.32. The summed E-state index contributed by atoms with van der Waals surface area (Å²) in [4.78, 5) is 10.5. The van der Waals surface area contributed by atoms with Crippen LogP contribution in [0, 0.1) is 0 Å². The predicted molar refractivity (Wildman–Crippen MR) is 50.8 cm³/mol. The zero-order valence-corrected chi connectivity index (χ0v) is 8.16. The number of rotatable bonds is 3. The summed E-state index contributed by atoms with van der Waals surface area (Å²) in [5.74, 6) is -1.19. The normalized spacial score (nSPS) is 13.5. The predicted octanol–water partition coefficient (Wildman–Crippen LogP) is 1.88. The minimum atomic E-state index is -4.57. The van der Waals surface area contributed by atoms with Gasteiger partial charge in [-0.1, -0.05) is 24.3 Å². The van der Waals surface area contributed by atoms with Crippen molar-refractivity contribution in [2.75, 3.05) is 0 Å². The van der Waals surface area contributed by atoms with Crippen LogP contribution in [0.25, 0.3) is 0 Å². The molecule has 0 bridgehead atoms. The van der Waals surface area contributed by atoms with Gasteiger partial charge in [0.15, 0.2) is 0 Å². The van der Waals surface area contributed by atoms with Gasteiger partial charge in [-0.2, -0.15) is 13.2 Å². The summed E-state index contributed by atoms with van der Waals surface area (Å²) in [7, 11) is 0. The van der Waals surface area contributed by atoms with Gasteiger partial charge in [-0.15, -0.1) is 0 Å². The molecule has 6 heteroatoms. The molecular weight excluding hydrogens is 223 g/mol. The lowest BCUT2D eigenvalue weighted by molar-refractivity contribution is -0.149. The first-order chi connectivity index (χ1) is 7.32. The Morgan fingerprint density at radius 1 is 1.38 bits per heavy atom. The molecule has 0 aliphatic rings. The van der Waals surface area contributed by atoms with Crippen molar-refractivity contribution in [3.05, 3.63) is 35.4 Å². The molecule has 1 aromatic rings. The van der Waals surface area contributed by atoms with E-state index in [4.69, 9.17) is 10.8 Å². The van der Waals surface area contributed by atoms with Crippen molar-refractivity contribution in [3.63, 3.8) is 0 Å². The van der Waals surface area contributed by atoms with Crippen molar-refractivity contribution in [3.8, 4) is 0 Å². The average molecular weight is 233 g/mol. The van der Waals surface area contributed by atoms with Crippen LogP contribution in [0.4, 0.5) is 13.2 Å². The molecule has 0 radical (unpaired) electrons. The Bertz CT molecular complexity index is 390. The summed E-state index contributed by atoms with van der Waals surface area (Å²) in [5.41, 5.74) is 4.92. The number of benzene rings is 1. The van der Waals surface area contributed by atoms with Crippen molar-refractivity contribution in [2.24, 2.45) is 5.73 Å². The molecule has 1 unspecified atom stereocenters. The Balaban J connectivity index is 3.08. The summed E-state index contributed by atoms with van der Waals surface area (Å²) in [5, 5.41) is 8.55. The fourth-order valence-corrected chi connectivity index (χ4v) is 1.34. The van der Waals surface area contributed by atoms with Gasteiger partial charge in [-0.05, 0) is 11.1 Å². The number of hydrogen-bond acceptors (Lipinski definition) is 2. The first kappa shape index (κ1) is 12.5. The van der Waals surface area contributed by atoms with Crippen LogP contribution in [0.15, 0.2) is 24.3 Å². The van der Waals surface area contributed by atoms with Crippen molar-refractivity contribution < 1.29 is 23.1 Å². The maximum Gasteiger partial charge on any atom is 0.407 e. The standard InChI is InChI=1S/C10H10F3NO2/c11-10(12,13)9(14)7-4-2-1-3-6(7)5-8(15)16/h1-4,9H,5,14H2,(H,15,16). The van der Waals surface area contributed by atoms with Gasteiger partial charge in [0, 0.05) is 0 Å². The van der Waals surface area contributed by atoms with Crippen LogP contribution >= 0.6 is 0 Å². The molecule has 0 saturated heterocycles. The van der Waals surface area contributed by atoms with Crippen LogP contribution in [0.5, 0.6) is 0 Å². The van der Waals surface area contributed by atoms with E-state index in [0.29, 0.717) is 0 Å². The minimum absolute atomic E-state index is 0.0832. The Hall–Kier alpha value is -1.56. The highest BCUT2D eigenvalue weighted by atomic mass is 19.4. The van der Waals surface area contributed by atoms with E-state index in [-0.39, 0.29) is 11.1 Å². The van der Waals surface area contributed by atoms with Crippen LogP contribution in [0.3, 0.4) is 0 Å². The molecular formula is C10H10F3NO2. The van der Waals surface area contributed by atoms with Gasteiger partial charge >= 0.3 is 12.1 Å². The van der Waals surface area contributed by atoms with Crippen LogP contribution in [-0.2, 0) is 11.2 Å². The maximum absolute atomic E-state index is 12.4. The van der Waals surface area contributed by atoms with Crippen LogP contribution in [-0.4, -0.2) is 17.3 Å². The van der Waals surface area contributed by atoms with Crippen molar-refractivity contribution in [1.82, 2.24) is 0 Å². The second-order valence-electron chi connectivity index (χ2n) is 3.29. The number of carboxylic acids is 1. The van der Waals surface area contributed by atoms with Crippen LogP contribution in [0.2, 0.25) is 0 Å². The van der Waals surface area contributed by atoms with Crippen LogP contribution in [0.1, 0.15) is 17.2 Å². The van der Waals surface area contributed by atoms with Crippen molar-refractivity contribution in [1.29, 1.82) is 0 Å². The molecule has 88 valence electrons. The first-order valence-electron chi connectivity index (χ1n) is 4.44. The van der Waals surface area contributed by atoms with E-state index in [2.05, 4.69) is 0 Å². The van der Waals surface area contributed by atoms with E-state index in [0.717, 1.165) is 0 Å². The zero-order valence-electron chi connectivity index (χ0n) is 8.16. The fourth-order valence-electron chi connectivity index (χ4n) is 1.34. The molecule has 0 aliphatic carbocycles. The molecule has 0 saturated carbocycles. The van der Waals surface area contributed by atoms with E-state index in [1.807, 2.05) is 0 Å². The van der Waals surface area contributed by atoms with Gasteiger partial charge in [-0.3, -0.25) is 4.79 Å². The first-order valence-corrected chi connectivity index (χ1v) is 4.44. The zero-order chi connectivity index (χ0) is 12.3. The molecule has 16 heavy (non-hydrogen) atoms. The van der Waals surface area contributed by atoms with E-state index in [1.54, 1.807) is 0 Å². The fraction of sp³-hybridized carbons (Fsp3) is 0.300. The van der Waals surface area contributed by atoms with Crippen LogP contribution < -0.4 is 5.73 Å². The largest absolute Gasteiger partial charge is 0.481 e. The molecule has 3 nitrogen and oxygen atoms in total. The average Bonchev–Trinajstić information content (AvgIpc) is 2.15. The van der Waals surface area contributed by atoms with Gasteiger partial charge in [0.1, 0.15) is 6.04 Å². The SMILES string of the molecule is NC(c1ccccc1CC(=O)O)C(F)(F)F. The lowest BCUT2D eigenvalue weighted by atomic mass is 9.98. The highest BCUT2D eigenvalue weighted by Gasteiger charge is 2.38. The molecule has 0 aromatic heterocycles. The number of hydrogen-bond donors (Lipinski definition) is 2. The lowest BCUT2D eigenvalue weighted by Gasteiger charge is -2.18. The Morgan fingerprint density at radius 3 is 2.44 bits per heavy atom. The third kappa shape index (κ3) is 2.96. The maximum atomic E-state index is 12.4. The summed E-state index contributed by atoms with van der Waals surface area (Å²) < 4.78 is 37.1. The molecule has 0 heterocycles. The second-order valence-corrected chi connectivity index (χ2v) is 3.29. The third-order valence-electron chi connectivity index (χ3n) is 2.08. The number of carboxylic acid groups (broad SMARTS) is 1. The Morgan fingerprint density at radius 2 is 1.94 bits per heavy atom. The van der Waals surface area contributed by atoms with E-state index < -0.39 is 24.6 Å². The van der Waals surface area contributed by atoms with E-state index in [1.165, 1.54) is 24.3 Å². The van der Waals surface area contributed by atoms with Gasteiger partial charge in [-0.25, -0.2) is 0 Å². The number of nitrogens with two attached hydrogens (primary N) is 1. The molecule has 3 N–H and O–H groups in total. The molecule has 0 amide bonds. The monoisotopic (exact) mass is 233 g/mol. The Kier molecular flexibility index (Phi) is 3.54. The lowest BCUT2D eigenvalue weighted by Crippen LogP contribution is -2.29. The van der Waals surface area contributed by atoms with Gasteiger partial charge in [0.25, 0.3) is 0 Å². The van der Waals surface area contributed by atoms with E-state index in [9.17, 15) is 18.0 Å². The quantitative estimate of drug-likeness (QED) is 0.837. The number of alkyl halides is 3. The number of aliphatic carboxylic acids is 1.